The van der Waals surface area contributed by atoms with Crippen molar-refractivity contribution >= 4 is 21.9 Å². The molecule has 1 aromatic heterocycles. The molecule has 2 aromatic carbocycles. The molecule has 0 aliphatic carbocycles. The van der Waals surface area contributed by atoms with Gasteiger partial charge in [0, 0.05) is 11.1 Å². The zero-order valence-corrected chi connectivity index (χ0v) is 21.9. The molecule has 3 aromatic rings. The van der Waals surface area contributed by atoms with Crippen molar-refractivity contribution in [1.29, 1.82) is 0 Å². The van der Waals surface area contributed by atoms with Crippen molar-refractivity contribution in [3.05, 3.63) is 61.9 Å². The summed E-state index contributed by atoms with van der Waals surface area (Å²) in [7, 11) is 1.34. The monoisotopic (exact) mass is 494 g/mol. The van der Waals surface area contributed by atoms with Gasteiger partial charge in [0.25, 0.3) is 0 Å². The minimum Gasteiger partial charge on any atom is -0.504 e. The largest absolute Gasteiger partial charge is 0.504 e. The van der Waals surface area contributed by atoms with E-state index < -0.39 is 22.7 Å². The smallest absolute Gasteiger partial charge is 0.204 e. The van der Waals surface area contributed by atoms with Gasteiger partial charge >= 0.3 is 0 Å². The summed E-state index contributed by atoms with van der Waals surface area (Å²) in [4.78, 5) is 14.0. The summed E-state index contributed by atoms with van der Waals surface area (Å²) in [6.45, 7) is 11.5. The van der Waals surface area contributed by atoms with E-state index in [-0.39, 0.29) is 46.3 Å². The van der Waals surface area contributed by atoms with E-state index in [0.717, 1.165) is 16.7 Å². The maximum atomic E-state index is 14.0. The average Bonchev–Trinajstić information content (AvgIpc) is 2.80. The van der Waals surface area contributed by atoms with Crippen molar-refractivity contribution in [3.63, 3.8) is 0 Å². The number of aromatic hydroxyl groups is 4. The van der Waals surface area contributed by atoms with Crippen molar-refractivity contribution in [1.82, 2.24) is 0 Å². The Morgan fingerprint density at radius 3 is 1.67 bits per heavy atom. The second-order valence-electron chi connectivity index (χ2n) is 9.66. The lowest BCUT2D eigenvalue weighted by atomic mass is 9.92. The highest BCUT2D eigenvalue weighted by Crippen LogP contribution is 2.48. The van der Waals surface area contributed by atoms with Gasteiger partial charge in [-0.05, 0) is 66.4 Å². The number of rotatable bonds is 7. The maximum absolute atomic E-state index is 14.0. The number of allylic oxidation sites excluding steroid dienone is 6. The molecule has 0 spiro atoms. The van der Waals surface area contributed by atoms with Gasteiger partial charge in [0.15, 0.2) is 22.8 Å². The molecule has 0 radical (unpaired) electrons. The quantitative estimate of drug-likeness (QED) is 0.173. The molecular weight excluding hydrogens is 460 g/mol. The first-order chi connectivity index (χ1) is 16.9. The molecule has 192 valence electrons. The van der Waals surface area contributed by atoms with Gasteiger partial charge in [-0.15, -0.1) is 0 Å². The molecule has 1 heterocycles. The standard InChI is InChI=1S/C29H34O7/c1-14(2)8-11-17-18(12-9-15(3)4)22(30)25(33)29-20(17)23(31)21-24(32)26(34)28(35-7)19(27(21)36-29)13-10-16(5)6/h8-10,30,32-34H,11-13H2,1-7H3. The summed E-state index contributed by atoms with van der Waals surface area (Å²) in [6, 6.07) is 0. The molecule has 0 bridgehead atoms. The summed E-state index contributed by atoms with van der Waals surface area (Å²) >= 11 is 0. The molecule has 7 heteroatoms. The third-order valence-electron chi connectivity index (χ3n) is 6.08. The van der Waals surface area contributed by atoms with Gasteiger partial charge in [-0.3, -0.25) is 4.79 Å². The Balaban J connectivity index is 2.62. The fourth-order valence-corrected chi connectivity index (χ4v) is 4.19. The number of phenolic OH excluding ortho intramolecular Hbond substituents is 4. The lowest BCUT2D eigenvalue weighted by molar-refractivity contribution is 0.349. The van der Waals surface area contributed by atoms with Crippen molar-refractivity contribution < 1.29 is 29.6 Å². The Morgan fingerprint density at radius 1 is 0.667 bits per heavy atom. The highest BCUT2D eigenvalue weighted by atomic mass is 16.5. The number of phenols is 4. The Hall–Kier alpha value is -3.87. The van der Waals surface area contributed by atoms with Crippen LogP contribution in [0.5, 0.6) is 28.7 Å². The minimum absolute atomic E-state index is 0.0305. The predicted molar refractivity (Wildman–Crippen MR) is 143 cm³/mol. The van der Waals surface area contributed by atoms with Crippen molar-refractivity contribution in [2.45, 2.75) is 60.8 Å². The molecule has 36 heavy (non-hydrogen) atoms. The first kappa shape index (κ1) is 26.7. The van der Waals surface area contributed by atoms with Crippen LogP contribution in [0.3, 0.4) is 0 Å². The van der Waals surface area contributed by atoms with E-state index in [9.17, 15) is 25.2 Å². The summed E-state index contributed by atoms with van der Waals surface area (Å²) in [6.07, 6.45) is 6.47. The zero-order chi connectivity index (χ0) is 26.9. The van der Waals surface area contributed by atoms with E-state index in [1.165, 1.54) is 7.11 Å². The van der Waals surface area contributed by atoms with Crippen LogP contribution < -0.4 is 10.2 Å². The number of methoxy groups -OCH3 is 1. The van der Waals surface area contributed by atoms with Crippen LogP contribution in [-0.4, -0.2) is 27.5 Å². The van der Waals surface area contributed by atoms with E-state index in [1.807, 2.05) is 59.8 Å². The normalized spacial score (nSPS) is 11.0. The Morgan fingerprint density at radius 2 is 1.17 bits per heavy atom. The highest BCUT2D eigenvalue weighted by Gasteiger charge is 2.28. The van der Waals surface area contributed by atoms with Gasteiger partial charge in [-0.2, -0.15) is 0 Å². The van der Waals surface area contributed by atoms with Crippen LogP contribution in [-0.2, 0) is 19.3 Å². The van der Waals surface area contributed by atoms with E-state index in [1.54, 1.807) is 0 Å². The highest BCUT2D eigenvalue weighted by molar-refractivity contribution is 6.01. The second-order valence-corrected chi connectivity index (χ2v) is 9.66. The van der Waals surface area contributed by atoms with Crippen molar-refractivity contribution in [2.75, 3.05) is 7.11 Å². The van der Waals surface area contributed by atoms with Crippen LogP contribution in [0.2, 0.25) is 0 Å². The summed E-state index contributed by atoms with van der Waals surface area (Å²) in [5.41, 5.74) is 3.37. The Labute approximate surface area is 210 Å². The number of hydrogen-bond donors (Lipinski definition) is 4. The number of benzene rings is 2. The van der Waals surface area contributed by atoms with Crippen LogP contribution in [0.4, 0.5) is 0 Å². The lowest BCUT2D eigenvalue weighted by Crippen LogP contribution is -2.10. The lowest BCUT2D eigenvalue weighted by Gasteiger charge is -2.18. The van der Waals surface area contributed by atoms with E-state index >= 15 is 0 Å². The minimum atomic E-state index is -0.662. The van der Waals surface area contributed by atoms with Gasteiger partial charge in [0.1, 0.15) is 11.0 Å². The first-order valence-electron chi connectivity index (χ1n) is 11.8. The molecular formula is C29H34O7. The number of hydrogen-bond acceptors (Lipinski definition) is 7. The predicted octanol–water partition coefficient (Wildman–Crippen LogP) is 6.30. The SMILES string of the molecule is COc1c(O)c(O)c2c(=O)c3c(CC=C(C)C)c(CC=C(C)C)c(O)c(O)c3oc2c1CC=C(C)C. The van der Waals surface area contributed by atoms with Crippen LogP contribution in [0.1, 0.15) is 58.2 Å². The van der Waals surface area contributed by atoms with Crippen LogP contribution >= 0.6 is 0 Å². The molecule has 0 fully saturated rings. The van der Waals surface area contributed by atoms with E-state index in [0.29, 0.717) is 23.1 Å². The third-order valence-corrected chi connectivity index (χ3v) is 6.08. The van der Waals surface area contributed by atoms with E-state index in [2.05, 4.69) is 0 Å². The molecule has 0 aliphatic rings. The maximum Gasteiger partial charge on any atom is 0.204 e. The second kappa shape index (κ2) is 10.4. The molecule has 4 N–H and O–H groups in total. The van der Waals surface area contributed by atoms with Crippen molar-refractivity contribution in [3.8, 4) is 28.7 Å². The van der Waals surface area contributed by atoms with Gasteiger partial charge in [-0.25, -0.2) is 0 Å². The fourth-order valence-electron chi connectivity index (χ4n) is 4.19. The fraction of sp³-hybridized carbons (Fsp3) is 0.345. The Bertz CT molecular complexity index is 1490. The van der Waals surface area contributed by atoms with Crippen LogP contribution in [0.25, 0.3) is 21.9 Å². The molecule has 0 unspecified atom stereocenters. The number of ether oxygens (including phenoxy) is 1. The van der Waals surface area contributed by atoms with Crippen LogP contribution in [0, 0.1) is 0 Å². The molecule has 0 saturated heterocycles. The molecule has 0 atom stereocenters. The molecule has 0 saturated carbocycles. The third kappa shape index (κ3) is 4.78. The first-order valence-corrected chi connectivity index (χ1v) is 11.8. The van der Waals surface area contributed by atoms with Crippen molar-refractivity contribution in [2.24, 2.45) is 0 Å². The summed E-state index contributed by atoms with van der Waals surface area (Å²) in [5.74, 6) is -2.17. The molecule has 0 amide bonds. The molecule has 3 rings (SSSR count). The zero-order valence-electron chi connectivity index (χ0n) is 21.9. The van der Waals surface area contributed by atoms with Gasteiger partial charge < -0.3 is 29.6 Å². The number of fused-ring (bicyclic) bond motifs is 2. The summed E-state index contributed by atoms with van der Waals surface area (Å²) < 4.78 is 11.4. The Kier molecular flexibility index (Phi) is 7.72. The topological polar surface area (TPSA) is 120 Å². The molecule has 7 nitrogen and oxygen atoms in total. The molecule has 0 aliphatic heterocycles. The van der Waals surface area contributed by atoms with Crippen LogP contribution in [0.15, 0.2) is 44.2 Å². The summed E-state index contributed by atoms with van der Waals surface area (Å²) in [5, 5.41) is 43.3. The average molecular weight is 495 g/mol. The van der Waals surface area contributed by atoms with E-state index in [4.69, 9.17) is 9.15 Å². The van der Waals surface area contributed by atoms with Gasteiger partial charge in [-0.1, -0.05) is 34.9 Å². The van der Waals surface area contributed by atoms with Gasteiger partial charge in [0.05, 0.1) is 12.5 Å². The van der Waals surface area contributed by atoms with Gasteiger partial charge in [0.2, 0.25) is 16.9 Å².